The maximum atomic E-state index is 12.4. The third kappa shape index (κ3) is 3.66. The molecule has 0 saturated heterocycles. The van der Waals surface area contributed by atoms with E-state index in [1.807, 2.05) is 29.6 Å². The summed E-state index contributed by atoms with van der Waals surface area (Å²) in [6, 6.07) is 11.0. The first-order valence-corrected chi connectivity index (χ1v) is 8.69. The minimum absolute atomic E-state index is 0.123. The molecule has 2 aromatic rings. The number of amides is 1. The molecule has 0 fully saturated rings. The van der Waals surface area contributed by atoms with E-state index in [1.54, 1.807) is 23.5 Å². The van der Waals surface area contributed by atoms with Crippen molar-refractivity contribution in [3.05, 3.63) is 57.2 Å². The fraction of sp³-hybridized carbons (Fsp3) is 0.235. The Labute approximate surface area is 148 Å². The van der Waals surface area contributed by atoms with E-state index in [4.69, 9.17) is 11.6 Å². The summed E-state index contributed by atoms with van der Waals surface area (Å²) in [4.78, 5) is 24.0. The van der Waals surface area contributed by atoms with Gasteiger partial charge in [0.15, 0.2) is 0 Å². The number of carbonyl (C=O) groups is 2. The Hall–Kier alpha value is -2.18. The maximum absolute atomic E-state index is 12.4. The Morgan fingerprint density at radius 3 is 2.62 bits per heavy atom. The molecule has 0 unspecified atom stereocenters. The lowest BCUT2D eigenvalue weighted by atomic mass is 10.0. The van der Waals surface area contributed by atoms with Crippen molar-refractivity contribution in [2.24, 2.45) is 5.10 Å². The number of rotatable bonds is 5. The lowest BCUT2D eigenvalue weighted by molar-refractivity contribution is -0.305. The zero-order valence-electron chi connectivity index (χ0n) is 12.6. The molecule has 1 aromatic heterocycles. The van der Waals surface area contributed by atoms with Gasteiger partial charge in [-0.05, 0) is 35.6 Å². The molecule has 1 aromatic carbocycles. The number of hydrazone groups is 1. The smallest absolute Gasteiger partial charge is 0.243 e. The first-order valence-electron chi connectivity index (χ1n) is 7.43. The predicted molar refractivity (Wildman–Crippen MR) is 90.8 cm³/mol. The summed E-state index contributed by atoms with van der Waals surface area (Å²) >= 11 is 7.46. The number of benzene rings is 1. The van der Waals surface area contributed by atoms with E-state index in [2.05, 4.69) is 5.10 Å². The lowest BCUT2D eigenvalue weighted by Crippen LogP contribution is -2.29. The summed E-state index contributed by atoms with van der Waals surface area (Å²) in [6.07, 6.45) is 0.152. The molecule has 7 heteroatoms. The van der Waals surface area contributed by atoms with Gasteiger partial charge in [-0.1, -0.05) is 29.8 Å². The second-order valence-corrected chi connectivity index (χ2v) is 6.81. The molecule has 0 bridgehead atoms. The Morgan fingerprint density at radius 2 is 2.00 bits per heavy atom. The molecule has 0 saturated carbocycles. The number of hydrogen-bond acceptors (Lipinski definition) is 5. The van der Waals surface area contributed by atoms with Crippen molar-refractivity contribution in [3.8, 4) is 0 Å². The van der Waals surface area contributed by atoms with Crippen molar-refractivity contribution in [2.75, 3.05) is 0 Å². The molecule has 1 atom stereocenters. The van der Waals surface area contributed by atoms with Gasteiger partial charge < -0.3 is 9.90 Å². The predicted octanol–water partition coefficient (Wildman–Crippen LogP) is 2.61. The van der Waals surface area contributed by atoms with E-state index in [0.717, 1.165) is 16.2 Å². The zero-order chi connectivity index (χ0) is 17.1. The van der Waals surface area contributed by atoms with Crippen LogP contribution >= 0.6 is 22.9 Å². The second kappa shape index (κ2) is 7.15. The number of thiophene rings is 1. The standard InChI is InChI=1S/C17H15ClN2O3S/c18-12-5-3-11(4-6-12)13-10-14(15-2-1-9-24-15)20(19-13)16(21)7-8-17(22)23/h1-6,9,14H,7-8,10H2,(H,22,23)/p-1/t14-/m0/s1. The number of carbonyl (C=O) groups excluding carboxylic acids is 2. The summed E-state index contributed by atoms with van der Waals surface area (Å²) in [5.74, 6) is -1.56. The third-order valence-corrected chi connectivity index (χ3v) is 4.98. The topological polar surface area (TPSA) is 72.8 Å². The maximum Gasteiger partial charge on any atom is 0.243 e. The quantitative estimate of drug-likeness (QED) is 0.821. The van der Waals surface area contributed by atoms with Gasteiger partial charge in [-0.25, -0.2) is 5.01 Å². The zero-order valence-corrected chi connectivity index (χ0v) is 14.2. The van der Waals surface area contributed by atoms with Crippen LogP contribution < -0.4 is 5.11 Å². The van der Waals surface area contributed by atoms with Gasteiger partial charge >= 0.3 is 0 Å². The van der Waals surface area contributed by atoms with Crippen molar-refractivity contribution in [1.29, 1.82) is 0 Å². The third-order valence-electron chi connectivity index (χ3n) is 3.76. The van der Waals surface area contributed by atoms with Crippen LogP contribution in [0.1, 0.15) is 35.7 Å². The molecule has 2 heterocycles. The highest BCUT2D eigenvalue weighted by Crippen LogP contribution is 2.35. The average molecular weight is 362 g/mol. The molecule has 124 valence electrons. The monoisotopic (exact) mass is 361 g/mol. The van der Waals surface area contributed by atoms with Crippen LogP contribution in [0.3, 0.4) is 0 Å². The molecule has 5 nitrogen and oxygen atoms in total. The van der Waals surface area contributed by atoms with Gasteiger partial charge in [0.2, 0.25) is 5.91 Å². The first-order chi connectivity index (χ1) is 11.5. The second-order valence-electron chi connectivity index (χ2n) is 5.40. The van der Waals surface area contributed by atoms with E-state index < -0.39 is 5.97 Å². The molecule has 1 aliphatic heterocycles. The fourth-order valence-corrected chi connectivity index (χ4v) is 3.52. The van der Waals surface area contributed by atoms with Gasteiger partial charge in [-0.2, -0.15) is 5.10 Å². The van der Waals surface area contributed by atoms with Crippen molar-refractivity contribution >= 4 is 40.5 Å². The molecule has 1 aliphatic rings. The molecule has 0 aliphatic carbocycles. The Bertz CT molecular complexity index is 772. The van der Waals surface area contributed by atoms with Gasteiger partial charge in [-0.3, -0.25) is 4.79 Å². The van der Waals surface area contributed by atoms with Gasteiger partial charge in [0.1, 0.15) is 0 Å². The van der Waals surface area contributed by atoms with E-state index in [-0.39, 0.29) is 24.8 Å². The van der Waals surface area contributed by atoms with Crippen LogP contribution in [0.4, 0.5) is 0 Å². The van der Waals surface area contributed by atoms with E-state index in [9.17, 15) is 14.7 Å². The molecule has 3 rings (SSSR count). The van der Waals surface area contributed by atoms with Gasteiger partial charge in [0, 0.05) is 28.7 Å². The lowest BCUT2D eigenvalue weighted by Gasteiger charge is -2.20. The van der Waals surface area contributed by atoms with Crippen molar-refractivity contribution in [2.45, 2.75) is 25.3 Å². The molecule has 1 amide bonds. The molecule has 0 N–H and O–H groups in total. The highest BCUT2D eigenvalue weighted by molar-refractivity contribution is 7.10. The molecule has 24 heavy (non-hydrogen) atoms. The summed E-state index contributed by atoms with van der Waals surface area (Å²) in [5.41, 5.74) is 1.68. The van der Waals surface area contributed by atoms with Crippen LogP contribution in [-0.2, 0) is 9.59 Å². The first kappa shape index (κ1) is 16.7. The molecule has 0 radical (unpaired) electrons. The number of hydrogen-bond donors (Lipinski definition) is 0. The van der Waals surface area contributed by atoms with Crippen molar-refractivity contribution in [3.63, 3.8) is 0 Å². The van der Waals surface area contributed by atoms with Crippen LogP contribution in [0, 0.1) is 0 Å². The summed E-state index contributed by atoms with van der Waals surface area (Å²) in [7, 11) is 0. The Balaban J connectivity index is 1.86. The van der Waals surface area contributed by atoms with Crippen LogP contribution in [0.25, 0.3) is 0 Å². The van der Waals surface area contributed by atoms with Crippen molar-refractivity contribution in [1.82, 2.24) is 5.01 Å². The molecular weight excluding hydrogens is 348 g/mol. The van der Waals surface area contributed by atoms with Crippen molar-refractivity contribution < 1.29 is 14.7 Å². The number of nitrogens with zero attached hydrogens (tertiary/aromatic N) is 2. The minimum Gasteiger partial charge on any atom is -0.550 e. The molecule has 0 spiro atoms. The Kier molecular flexibility index (Phi) is 4.97. The SMILES string of the molecule is O=C([O-])CCC(=O)N1N=C(c2ccc(Cl)cc2)C[C@H]1c1cccs1. The molecular formula is C17H14ClN2O3S-. The van der Waals surface area contributed by atoms with Crippen LogP contribution in [0.15, 0.2) is 46.9 Å². The number of carboxylic acid groups (broad SMARTS) is 1. The summed E-state index contributed by atoms with van der Waals surface area (Å²) in [6.45, 7) is 0. The van der Waals surface area contributed by atoms with Crippen LogP contribution in [0.5, 0.6) is 0 Å². The van der Waals surface area contributed by atoms with Crippen LogP contribution in [-0.4, -0.2) is 22.6 Å². The van der Waals surface area contributed by atoms with Gasteiger partial charge in [0.25, 0.3) is 0 Å². The summed E-state index contributed by atoms with van der Waals surface area (Å²) < 4.78 is 0. The fourth-order valence-electron chi connectivity index (χ4n) is 2.58. The number of carboxylic acids is 1. The minimum atomic E-state index is -1.24. The van der Waals surface area contributed by atoms with E-state index in [0.29, 0.717) is 11.4 Å². The van der Waals surface area contributed by atoms with Crippen LogP contribution in [0.2, 0.25) is 5.02 Å². The summed E-state index contributed by atoms with van der Waals surface area (Å²) in [5, 5.41) is 19.1. The average Bonchev–Trinajstić information content (AvgIpc) is 3.22. The normalized spacial score (nSPS) is 17.0. The van der Waals surface area contributed by atoms with Gasteiger partial charge in [-0.15, -0.1) is 11.3 Å². The van der Waals surface area contributed by atoms with E-state index in [1.165, 1.54) is 5.01 Å². The largest absolute Gasteiger partial charge is 0.550 e. The number of halogens is 1. The Morgan fingerprint density at radius 1 is 1.25 bits per heavy atom. The van der Waals surface area contributed by atoms with Gasteiger partial charge in [0.05, 0.1) is 11.8 Å². The highest BCUT2D eigenvalue weighted by Gasteiger charge is 2.33. The van der Waals surface area contributed by atoms with E-state index >= 15 is 0 Å². The number of aliphatic carboxylic acids is 1. The highest BCUT2D eigenvalue weighted by atomic mass is 35.5.